The number of hydrogen-bond donors (Lipinski definition) is 0. The maximum absolute atomic E-state index is 12.6. The second kappa shape index (κ2) is 5.73. The minimum Gasteiger partial charge on any atom is -0.439 e. The first kappa shape index (κ1) is 15.7. The van der Waals surface area contributed by atoms with Crippen LogP contribution in [0.15, 0.2) is 36.4 Å². The van der Waals surface area contributed by atoms with E-state index in [4.69, 9.17) is 16.3 Å². The normalized spacial score (nSPS) is 30.9. The maximum atomic E-state index is 12.6. The van der Waals surface area contributed by atoms with Crippen LogP contribution in [0.5, 0.6) is 0 Å². The zero-order chi connectivity index (χ0) is 17.0. The van der Waals surface area contributed by atoms with Crippen LogP contribution in [-0.2, 0) is 4.74 Å². The van der Waals surface area contributed by atoms with Gasteiger partial charge in [-0.2, -0.15) is 0 Å². The summed E-state index contributed by atoms with van der Waals surface area (Å²) in [5, 5.41) is 1.69. The molecule has 5 heterocycles. The summed E-state index contributed by atoms with van der Waals surface area (Å²) in [6, 6.07) is 11.9. The van der Waals surface area contributed by atoms with Gasteiger partial charge in [-0.1, -0.05) is 23.7 Å². The molecule has 0 aliphatic carbocycles. The summed E-state index contributed by atoms with van der Waals surface area (Å²) >= 11 is 7.60. The van der Waals surface area contributed by atoms with Crippen LogP contribution in [-0.4, -0.2) is 42.8 Å². The molecule has 0 N–H and O–H groups in total. The van der Waals surface area contributed by atoms with Gasteiger partial charge < -0.3 is 4.74 Å². The van der Waals surface area contributed by atoms with Crippen molar-refractivity contribution >= 4 is 34.0 Å². The number of carbonyl (C=O) groups is 1. The van der Waals surface area contributed by atoms with Crippen LogP contribution in [0, 0.1) is 5.92 Å². The van der Waals surface area contributed by atoms with E-state index in [9.17, 15) is 4.79 Å². The van der Waals surface area contributed by atoms with E-state index in [1.807, 2.05) is 35.2 Å². The van der Waals surface area contributed by atoms with Crippen molar-refractivity contribution in [2.45, 2.75) is 18.4 Å². The molecule has 0 radical (unpaired) electrons. The minimum absolute atomic E-state index is 0.196. The van der Waals surface area contributed by atoms with E-state index >= 15 is 0 Å². The largest absolute Gasteiger partial charge is 0.439 e. The van der Waals surface area contributed by atoms with Crippen LogP contribution in [0.1, 0.15) is 12.8 Å². The standard InChI is InChI=1S/C19H19ClN2O2S/c20-15-3-1-13(2-4-15)16-5-6-17(25-16)22-12-19(24-18(22)23)11-21-9-7-14(19)8-10-21/h1-6,14H,7-12H2. The number of nitrogens with zero attached hydrogens (tertiary/aromatic N) is 2. The fourth-order valence-electron chi connectivity index (χ4n) is 4.42. The molecule has 1 unspecified atom stereocenters. The van der Waals surface area contributed by atoms with Gasteiger partial charge >= 0.3 is 6.09 Å². The first-order valence-corrected chi connectivity index (χ1v) is 9.91. The number of thiophene rings is 1. The van der Waals surface area contributed by atoms with E-state index in [0.717, 1.165) is 52.9 Å². The van der Waals surface area contributed by atoms with E-state index in [-0.39, 0.29) is 11.7 Å². The molecule has 4 saturated heterocycles. The molecule has 4 aliphatic rings. The molecule has 1 atom stereocenters. The Hall–Kier alpha value is -1.56. The molecule has 1 amide bonds. The zero-order valence-electron chi connectivity index (χ0n) is 13.8. The fraction of sp³-hybridized carbons (Fsp3) is 0.421. The second-order valence-electron chi connectivity index (χ2n) is 7.21. The van der Waals surface area contributed by atoms with Crippen molar-refractivity contribution < 1.29 is 9.53 Å². The molecule has 1 spiro atoms. The highest BCUT2D eigenvalue weighted by atomic mass is 35.5. The Kier molecular flexibility index (Phi) is 3.59. The number of amides is 1. The number of anilines is 1. The molecule has 4 aliphatic heterocycles. The summed E-state index contributed by atoms with van der Waals surface area (Å²) in [4.78, 5) is 18.0. The van der Waals surface area contributed by atoms with Crippen LogP contribution in [0.25, 0.3) is 10.4 Å². The van der Waals surface area contributed by atoms with Crippen molar-refractivity contribution in [1.82, 2.24) is 4.90 Å². The highest BCUT2D eigenvalue weighted by Crippen LogP contribution is 2.45. The predicted molar refractivity (Wildman–Crippen MR) is 100 cm³/mol. The van der Waals surface area contributed by atoms with Crippen molar-refractivity contribution in [3.05, 3.63) is 41.4 Å². The summed E-state index contributed by atoms with van der Waals surface area (Å²) in [6.45, 7) is 3.84. The Morgan fingerprint density at radius 2 is 1.84 bits per heavy atom. The third kappa shape index (κ3) is 2.57. The van der Waals surface area contributed by atoms with Crippen molar-refractivity contribution in [3.63, 3.8) is 0 Å². The van der Waals surface area contributed by atoms with Gasteiger partial charge in [0, 0.05) is 22.4 Å². The summed E-state index contributed by atoms with van der Waals surface area (Å²) < 4.78 is 5.96. The number of ether oxygens (including phenoxy) is 1. The number of benzene rings is 1. The zero-order valence-corrected chi connectivity index (χ0v) is 15.4. The lowest BCUT2D eigenvalue weighted by atomic mass is 9.75. The number of halogens is 1. The van der Waals surface area contributed by atoms with E-state index in [0.29, 0.717) is 12.5 Å². The van der Waals surface area contributed by atoms with Crippen molar-refractivity contribution in [3.8, 4) is 10.4 Å². The molecule has 6 rings (SSSR count). The lowest BCUT2D eigenvalue weighted by Gasteiger charge is -2.49. The van der Waals surface area contributed by atoms with Crippen molar-refractivity contribution in [2.75, 3.05) is 31.1 Å². The monoisotopic (exact) mass is 374 g/mol. The Morgan fingerprint density at radius 3 is 2.52 bits per heavy atom. The van der Waals surface area contributed by atoms with Gasteiger partial charge in [-0.05, 0) is 55.8 Å². The molecular formula is C19H19ClN2O2S. The maximum Gasteiger partial charge on any atom is 0.415 e. The molecule has 2 aromatic rings. The second-order valence-corrected chi connectivity index (χ2v) is 8.71. The Morgan fingerprint density at radius 1 is 1.08 bits per heavy atom. The fourth-order valence-corrected chi connectivity index (χ4v) is 5.55. The van der Waals surface area contributed by atoms with Crippen LogP contribution < -0.4 is 4.90 Å². The van der Waals surface area contributed by atoms with E-state index < -0.39 is 0 Å². The highest BCUT2D eigenvalue weighted by molar-refractivity contribution is 7.19. The number of piperidine rings is 3. The number of hydrogen-bond acceptors (Lipinski definition) is 4. The summed E-state index contributed by atoms with van der Waals surface area (Å²) in [6.07, 6.45) is 2.08. The number of carbonyl (C=O) groups excluding carboxylic acids is 1. The molecule has 4 nitrogen and oxygen atoms in total. The Bertz CT molecular complexity index is 813. The summed E-state index contributed by atoms with van der Waals surface area (Å²) in [5.41, 5.74) is 0.809. The quantitative estimate of drug-likeness (QED) is 0.776. The average molecular weight is 375 g/mol. The molecule has 1 aromatic heterocycles. The van der Waals surface area contributed by atoms with Crippen LogP contribution >= 0.6 is 22.9 Å². The molecular weight excluding hydrogens is 356 g/mol. The van der Waals surface area contributed by atoms with Crippen molar-refractivity contribution in [1.29, 1.82) is 0 Å². The number of rotatable bonds is 2. The average Bonchev–Trinajstić information content (AvgIpc) is 3.22. The van der Waals surface area contributed by atoms with Gasteiger partial charge in [0.1, 0.15) is 10.6 Å². The van der Waals surface area contributed by atoms with Gasteiger partial charge in [0.05, 0.1) is 6.54 Å². The first-order chi connectivity index (χ1) is 12.1. The molecule has 1 aromatic carbocycles. The lowest BCUT2D eigenvalue weighted by Crippen LogP contribution is -2.61. The van der Waals surface area contributed by atoms with Gasteiger partial charge in [0.2, 0.25) is 0 Å². The SMILES string of the molecule is O=C1OC2(CN3CCC2CC3)CN1c1ccc(-c2ccc(Cl)cc2)s1. The van der Waals surface area contributed by atoms with Crippen LogP contribution in [0.3, 0.4) is 0 Å². The predicted octanol–water partition coefficient (Wildman–Crippen LogP) is 4.49. The molecule has 6 heteroatoms. The van der Waals surface area contributed by atoms with E-state index in [2.05, 4.69) is 11.0 Å². The van der Waals surface area contributed by atoms with E-state index in [1.54, 1.807) is 11.3 Å². The number of fused-ring (bicyclic) bond motifs is 2. The molecule has 0 saturated carbocycles. The summed E-state index contributed by atoms with van der Waals surface area (Å²) in [7, 11) is 0. The van der Waals surface area contributed by atoms with Gasteiger partial charge in [0.25, 0.3) is 0 Å². The molecule has 25 heavy (non-hydrogen) atoms. The van der Waals surface area contributed by atoms with Gasteiger partial charge in [-0.25, -0.2) is 4.79 Å². The van der Waals surface area contributed by atoms with Crippen molar-refractivity contribution in [2.24, 2.45) is 5.92 Å². The molecule has 4 fully saturated rings. The Labute approximate surface area is 155 Å². The third-order valence-corrected chi connectivity index (χ3v) is 7.16. The molecule has 2 bridgehead atoms. The van der Waals surface area contributed by atoms with Crippen LogP contribution in [0.2, 0.25) is 5.02 Å². The van der Waals surface area contributed by atoms with Gasteiger partial charge in [0.15, 0.2) is 0 Å². The molecule has 130 valence electrons. The first-order valence-electron chi connectivity index (χ1n) is 8.72. The smallest absolute Gasteiger partial charge is 0.415 e. The van der Waals surface area contributed by atoms with Crippen LogP contribution in [0.4, 0.5) is 9.80 Å². The Balaban J connectivity index is 1.41. The lowest BCUT2D eigenvalue weighted by molar-refractivity contribution is -0.0881. The van der Waals surface area contributed by atoms with E-state index in [1.165, 1.54) is 0 Å². The highest BCUT2D eigenvalue weighted by Gasteiger charge is 2.55. The minimum atomic E-state index is -0.308. The third-order valence-electron chi connectivity index (χ3n) is 5.75. The summed E-state index contributed by atoms with van der Waals surface area (Å²) in [5.74, 6) is 0.502. The van der Waals surface area contributed by atoms with Gasteiger partial charge in [-0.3, -0.25) is 9.80 Å². The topological polar surface area (TPSA) is 32.8 Å². The van der Waals surface area contributed by atoms with Gasteiger partial charge in [-0.15, -0.1) is 11.3 Å².